The van der Waals surface area contributed by atoms with Gasteiger partial charge < -0.3 is 15.0 Å². The molecule has 6 nitrogen and oxygen atoms in total. The highest BCUT2D eigenvalue weighted by atomic mass is 35.5. The number of nitrogens with one attached hydrogen (secondary N) is 2. The van der Waals surface area contributed by atoms with Gasteiger partial charge in [0.05, 0.1) is 7.05 Å². The van der Waals surface area contributed by atoms with E-state index in [-0.39, 0.29) is 11.9 Å². The summed E-state index contributed by atoms with van der Waals surface area (Å²) in [6, 6.07) is 6.96. The van der Waals surface area contributed by atoms with Gasteiger partial charge in [-0.15, -0.1) is 0 Å². The van der Waals surface area contributed by atoms with Gasteiger partial charge in [-0.3, -0.25) is 4.79 Å². The molecule has 1 heterocycles. The third-order valence-electron chi connectivity index (χ3n) is 5.24. The molecule has 1 aliphatic carbocycles. The van der Waals surface area contributed by atoms with E-state index >= 15 is 0 Å². The lowest BCUT2D eigenvalue weighted by atomic mass is 9.90. The monoisotopic (exact) mass is 380 g/mol. The molecule has 1 aliphatic heterocycles. The van der Waals surface area contributed by atoms with Gasteiger partial charge in [0.2, 0.25) is 0 Å². The van der Waals surface area contributed by atoms with E-state index in [4.69, 9.17) is 16.3 Å². The Morgan fingerprint density at radius 3 is 2.46 bits per heavy atom. The highest BCUT2D eigenvalue weighted by Gasteiger charge is 2.51. The molecule has 1 unspecified atom stereocenters. The molecule has 0 aromatic heterocycles. The van der Waals surface area contributed by atoms with E-state index in [0.29, 0.717) is 24.8 Å². The van der Waals surface area contributed by atoms with Crippen molar-refractivity contribution in [2.75, 3.05) is 26.9 Å². The largest absolute Gasteiger partial charge is 0.488 e. The molecule has 1 aromatic rings. The number of ether oxygens (including phenoxy) is 1. The molecule has 1 spiro atoms. The van der Waals surface area contributed by atoms with E-state index in [1.54, 1.807) is 12.1 Å². The van der Waals surface area contributed by atoms with Crippen LogP contribution in [-0.4, -0.2) is 49.2 Å². The Hall–Kier alpha value is -1.79. The summed E-state index contributed by atoms with van der Waals surface area (Å²) in [5, 5.41) is 3.65. The second kappa shape index (κ2) is 8.27. The summed E-state index contributed by atoms with van der Waals surface area (Å²) in [4.78, 5) is 27.7. The number of carbonyl (C=O) groups excluding carboxylic acids is 2. The van der Waals surface area contributed by atoms with Crippen molar-refractivity contribution in [3.63, 3.8) is 0 Å². The molecule has 1 saturated heterocycles. The zero-order valence-corrected chi connectivity index (χ0v) is 16.0. The molecule has 1 saturated carbocycles. The maximum Gasteiger partial charge on any atom is 0.329 e. The van der Waals surface area contributed by atoms with Gasteiger partial charge >= 0.3 is 6.03 Å². The molecule has 3 amide bonds. The maximum atomic E-state index is 12.9. The van der Waals surface area contributed by atoms with Crippen LogP contribution in [0.25, 0.3) is 0 Å². The van der Waals surface area contributed by atoms with Crippen LogP contribution in [0, 0.1) is 0 Å². The summed E-state index contributed by atoms with van der Waals surface area (Å²) in [6.07, 6.45) is 5.78. The number of hydrogen-bond donors (Lipinski definition) is 2. The third kappa shape index (κ3) is 4.30. The normalized spacial score (nSPS) is 20.8. The second-order valence-corrected chi connectivity index (χ2v) is 7.76. The van der Waals surface area contributed by atoms with E-state index in [0.717, 1.165) is 49.2 Å². The first kappa shape index (κ1) is 19.0. The molecule has 142 valence electrons. The minimum atomic E-state index is -0.659. The van der Waals surface area contributed by atoms with Crippen molar-refractivity contribution in [3.05, 3.63) is 29.3 Å². The Morgan fingerprint density at radius 1 is 1.15 bits per heavy atom. The summed E-state index contributed by atoms with van der Waals surface area (Å²) in [5.41, 5.74) is -0.659. The van der Waals surface area contributed by atoms with Gasteiger partial charge in [0.25, 0.3) is 5.91 Å². The van der Waals surface area contributed by atoms with Gasteiger partial charge in [-0.1, -0.05) is 37.3 Å². The molecule has 1 atom stereocenters. The summed E-state index contributed by atoms with van der Waals surface area (Å²) >= 11 is 5.86. The summed E-state index contributed by atoms with van der Waals surface area (Å²) in [6.45, 7) is 1.55. The van der Waals surface area contributed by atoms with Crippen LogP contribution < -0.4 is 15.0 Å². The number of carbonyl (C=O) groups is 2. The Morgan fingerprint density at radius 2 is 1.81 bits per heavy atom. The van der Waals surface area contributed by atoms with Crippen LogP contribution in [0.1, 0.15) is 38.5 Å². The van der Waals surface area contributed by atoms with Crippen molar-refractivity contribution in [1.29, 1.82) is 0 Å². The van der Waals surface area contributed by atoms with E-state index in [9.17, 15) is 9.59 Å². The lowest BCUT2D eigenvalue weighted by molar-refractivity contribution is -0.887. The van der Waals surface area contributed by atoms with E-state index in [1.165, 1.54) is 4.90 Å². The molecule has 1 aromatic carbocycles. The number of urea groups is 1. The fraction of sp³-hybridized carbons (Fsp3) is 0.579. The number of nitrogens with zero attached hydrogens (tertiary/aromatic N) is 1. The van der Waals surface area contributed by atoms with E-state index < -0.39 is 5.54 Å². The minimum absolute atomic E-state index is 0.0534. The molecular weight excluding hydrogens is 354 g/mol. The van der Waals surface area contributed by atoms with Crippen LogP contribution in [0.4, 0.5) is 4.79 Å². The summed E-state index contributed by atoms with van der Waals surface area (Å²) in [7, 11) is 1.96. The van der Waals surface area contributed by atoms with Crippen LogP contribution in [0.5, 0.6) is 5.75 Å². The smallest absolute Gasteiger partial charge is 0.329 e. The Balaban J connectivity index is 1.50. The van der Waals surface area contributed by atoms with Crippen molar-refractivity contribution in [2.45, 2.75) is 44.1 Å². The number of quaternary nitrogens is 1. The topological polar surface area (TPSA) is 63.1 Å². The van der Waals surface area contributed by atoms with Gasteiger partial charge in [0, 0.05) is 5.02 Å². The first-order chi connectivity index (χ1) is 12.5. The molecule has 7 heteroatoms. The van der Waals surface area contributed by atoms with E-state index in [2.05, 4.69) is 5.32 Å². The highest BCUT2D eigenvalue weighted by molar-refractivity contribution is 6.30. The van der Waals surface area contributed by atoms with Gasteiger partial charge in [-0.05, 0) is 37.1 Å². The maximum absolute atomic E-state index is 12.9. The summed E-state index contributed by atoms with van der Waals surface area (Å²) < 4.78 is 5.69. The van der Waals surface area contributed by atoms with Crippen molar-refractivity contribution < 1.29 is 19.2 Å². The minimum Gasteiger partial charge on any atom is -0.488 e. The van der Waals surface area contributed by atoms with Crippen LogP contribution in [0.15, 0.2) is 24.3 Å². The average Bonchev–Trinajstić information content (AvgIpc) is 2.79. The molecule has 3 rings (SSSR count). The molecule has 0 bridgehead atoms. The molecule has 26 heavy (non-hydrogen) atoms. The number of rotatable bonds is 6. The molecule has 2 N–H and O–H groups in total. The van der Waals surface area contributed by atoms with Gasteiger partial charge in [-0.25, -0.2) is 9.69 Å². The second-order valence-electron chi connectivity index (χ2n) is 7.33. The number of hydrogen-bond acceptors (Lipinski definition) is 3. The lowest BCUT2D eigenvalue weighted by Gasteiger charge is -2.25. The van der Waals surface area contributed by atoms with Crippen molar-refractivity contribution in [3.8, 4) is 5.75 Å². The van der Waals surface area contributed by atoms with Crippen LogP contribution in [0.3, 0.4) is 0 Å². The number of benzene rings is 1. The molecule has 2 fully saturated rings. The Bertz CT molecular complexity index is 642. The number of imide groups is 1. The van der Waals surface area contributed by atoms with E-state index in [1.807, 2.05) is 19.2 Å². The van der Waals surface area contributed by atoms with Gasteiger partial charge in [0.1, 0.15) is 24.4 Å². The predicted molar refractivity (Wildman–Crippen MR) is 99.4 cm³/mol. The third-order valence-corrected chi connectivity index (χ3v) is 5.49. The number of likely N-dealkylation sites (N-methyl/N-ethyl adjacent to an activating group) is 1. The van der Waals surface area contributed by atoms with Gasteiger partial charge in [-0.2, -0.15) is 0 Å². The fourth-order valence-electron chi connectivity index (χ4n) is 3.71. The SMILES string of the molecule is C[NH+](CCOc1ccc(Cl)cc1)CN1C(=O)NC2(CCCCCC2)C1=O. The van der Waals surface area contributed by atoms with Crippen molar-refractivity contribution >= 4 is 23.5 Å². The van der Waals surface area contributed by atoms with Crippen LogP contribution in [-0.2, 0) is 4.79 Å². The zero-order valence-electron chi connectivity index (χ0n) is 15.2. The van der Waals surface area contributed by atoms with Crippen LogP contribution >= 0.6 is 11.6 Å². The number of halogens is 1. The quantitative estimate of drug-likeness (QED) is 0.740. The zero-order chi connectivity index (χ0) is 18.6. The fourth-order valence-corrected chi connectivity index (χ4v) is 3.84. The standard InChI is InChI=1S/C19H26ClN3O3/c1-22(12-13-26-16-8-6-15(20)7-9-16)14-23-17(24)19(21-18(23)25)10-4-2-3-5-11-19/h6-9H,2-5,10-14H2,1H3,(H,21,25)/p+1. The number of amides is 3. The summed E-state index contributed by atoms with van der Waals surface area (Å²) in [5.74, 6) is 0.706. The lowest BCUT2D eigenvalue weighted by Crippen LogP contribution is -3.11. The molecular formula is C19H27ClN3O3+. The molecule has 2 aliphatic rings. The first-order valence-corrected chi connectivity index (χ1v) is 9.72. The van der Waals surface area contributed by atoms with Crippen molar-refractivity contribution in [2.24, 2.45) is 0 Å². The average molecular weight is 381 g/mol. The molecule has 0 radical (unpaired) electrons. The predicted octanol–water partition coefficient (Wildman–Crippen LogP) is 1.84. The first-order valence-electron chi connectivity index (χ1n) is 9.34. The Kier molecular flexibility index (Phi) is 6.04. The van der Waals surface area contributed by atoms with Gasteiger partial charge in [0.15, 0.2) is 6.67 Å². The van der Waals surface area contributed by atoms with Crippen molar-refractivity contribution in [1.82, 2.24) is 10.2 Å². The van der Waals surface area contributed by atoms with Crippen LogP contribution in [0.2, 0.25) is 5.02 Å². The highest BCUT2D eigenvalue weighted by Crippen LogP contribution is 2.32. The Labute approximate surface area is 159 Å².